The van der Waals surface area contributed by atoms with Crippen LogP contribution in [0.25, 0.3) is 5.57 Å². The molecule has 2 fully saturated rings. The molecule has 0 atom stereocenters. The Balaban J connectivity index is 1.60. The van der Waals surface area contributed by atoms with Crippen molar-refractivity contribution < 1.29 is 4.74 Å². The number of rotatable bonds is 4. The number of aromatic nitrogens is 2. The van der Waals surface area contributed by atoms with Crippen LogP contribution in [-0.4, -0.2) is 47.2 Å². The van der Waals surface area contributed by atoms with Crippen molar-refractivity contribution in [1.29, 1.82) is 5.26 Å². The summed E-state index contributed by atoms with van der Waals surface area (Å²) in [7, 11) is 0. The van der Waals surface area contributed by atoms with Gasteiger partial charge in [-0.3, -0.25) is 0 Å². The first-order valence-electron chi connectivity index (χ1n) is 9.97. The van der Waals surface area contributed by atoms with Crippen molar-refractivity contribution in [2.75, 3.05) is 31.6 Å². The second-order valence-corrected chi connectivity index (χ2v) is 7.39. The van der Waals surface area contributed by atoms with Gasteiger partial charge in [-0.1, -0.05) is 18.9 Å². The minimum absolute atomic E-state index is 0.428. The second kappa shape index (κ2) is 8.44. The van der Waals surface area contributed by atoms with Crippen LogP contribution in [0.5, 0.6) is 0 Å². The summed E-state index contributed by atoms with van der Waals surface area (Å²) in [6.07, 6.45) is 12.5. The van der Waals surface area contributed by atoms with E-state index in [1.54, 1.807) is 6.20 Å². The third kappa shape index (κ3) is 4.02. The summed E-state index contributed by atoms with van der Waals surface area (Å²) in [5.41, 5.74) is 2.86. The van der Waals surface area contributed by atoms with E-state index in [1.807, 2.05) is 25.2 Å². The van der Waals surface area contributed by atoms with Gasteiger partial charge >= 0.3 is 0 Å². The van der Waals surface area contributed by atoms with Crippen LogP contribution in [-0.2, 0) is 4.74 Å². The fourth-order valence-corrected chi connectivity index (χ4v) is 3.85. The number of anilines is 1. The lowest BCUT2D eigenvalue weighted by molar-refractivity contribution is 0.0510. The molecule has 3 aliphatic rings. The molecule has 7 heteroatoms. The molecular weight excluding hydrogens is 352 g/mol. The molecule has 0 spiro atoms. The molecular formula is C21H26N6O. The molecule has 7 nitrogen and oxygen atoms in total. The summed E-state index contributed by atoms with van der Waals surface area (Å²) in [4.78, 5) is 11.4. The molecule has 1 aromatic rings. The Morgan fingerprint density at radius 1 is 1.32 bits per heavy atom. The van der Waals surface area contributed by atoms with E-state index in [1.165, 1.54) is 12.8 Å². The van der Waals surface area contributed by atoms with Crippen LogP contribution in [0.3, 0.4) is 0 Å². The number of morpholine rings is 1. The molecule has 1 saturated carbocycles. The normalized spacial score (nSPS) is 21.7. The second-order valence-electron chi connectivity index (χ2n) is 7.39. The minimum atomic E-state index is 0.428. The molecule has 28 heavy (non-hydrogen) atoms. The maximum atomic E-state index is 9.91. The summed E-state index contributed by atoms with van der Waals surface area (Å²) in [6.45, 7) is 5.05. The third-order valence-electron chi connectivity index (χ3n) is 5.41. The molecule has 0 amide bonds. The van der Waals surface area contributed by atoms with E-state index in [0.29, 0.717) is 36.5 Å². The summed E-state index contributed by atoms with van der Waals surface area (Å²) in [5, 5.41) is 16.8. The van der Waals surface area contributed by atoms with Gasteiger partial charge in [-0.15, -0.1) is 0 Å². The molecule has 2 N–H and O–H groups in total. The molecule has 0 aromatic carbocycles. The Morgan fingerprint density at radius 3 is 2.86 bits per heavy atom. The Kier molecular flexibility index (Phi) is 5.58. The van der Waals surface area contributed by atoms with Crippen LogP contribution < -0.4 is 10.6 Å². The van der Waals surface area contributed by atoms with Gasteiger partial charge in [0.1, 0.15) is 17.5 Å². The van der Waals surface area contributed by atoms with Crippen molar-refractivity contribution in [2.45, 2.75) is 38.6 Å². The molecule has 1 aliphatic carbocycles. The molecule has 0 bridgehead atoms. The zero-order valence-corrected chi connectivity index (χ0v) is 16.2. The molecule has 1 saturated heterocycles. The minimum Gasteiger partial charge on any atom is -0.378 e. The van der Waals surface area contributed by atoms with E-state index in [-0.39, 0.29) is 0 Å². The molecule has 2 aliphatic heterocycles. The highest BCUT2D eigenvalue weighted by atomic mass is 16.5. The van der Waals surface area contributed by atoms with Gasteiger partial charge in [0.2, 0.25) is 5.95 Å². The SMILES string of the molecule is Cc1cnc(NC2CCCC2)nc1/C(C#N)=C1\C=CC=C(N2CCOCC2)N1. The van der Waals surface area contributed by atoms with Crippen LogP contribution in [0.2, 0.25) is 0 Å². The lowest BCUT2D eigenvalue weighted by atomic mass is 10.1. The van der Waals surface area contributed by atoms with E-state index in [2.05, 4.69) is 26.6 Å². The highest BCUT2D eigenvalue weighted by Gasteiger charge is 2.21. The maximum Gasteiger partial charge on any atom is 0.223 e. The zero-order chi connectivity index (χ0) is 19.3. The number of dihydropyridines is 1. The lowest BCUT2D eigenvalue weighted by Crippen LogP contribution is -2.40. The fourth-order valence-electron chi connectivity index (χ4n) is 3.85. The van der Waals surface area contributed by atoms with Crippen molar-refractivity contribution in [3.8, 4) is 6.07 Å². The molecule has 4 rings (SSSR count). The smallest absolute Gasteiger partial charge is 0.223 e. The largest absolute Gasteiger partial charge is 0.378 e. The van der Waals surface area contributed by atoms with Crippen molar-refractivity contribution in [3.63, 3.8) is 0 Å². The first kappa shape index (κ1) is 18.5. The number of aryl methyl sites for hydroxylation is 1. The first-order valence-corrected chi connectivity index (χ1v) is 9.97. The van der Waals surface area contributed by atoms with Crippen LogP contribution in [0, 0.1) is 18.3 Å². The third-order valence-corrected chi connectivity index (χ3v) is 5.41. The predicted octanol–water partition coefficient (Wildman–Crippen LogP) is 2.71. The summed E-state index contributed by atoms with van der Waals surface area (Å²) in [6, 6.07) is 2.78. The van der Waals surface area contributed by atoms with Crippen LogP contribution in [0.1, 0.15) is 36.9 Å². The average molecular weight is 378 g/mol. The van der Waals surface area contributed by atoms with Gasteiger partial charge in [0.05, 0.1) is 24.6 Å². The van der Waals surface area contributed by atoms with Crippen LogP contribution >= 0.6 is 0 Å². The van der Waals surface area contributed by atoms with Crippen molar-refractivity contribution in [1.82, 2.24) is 20.2 Å². The quantitative estimate of drug-likeness (QED) is 0.779. The number of allylic oxidation sites excluding steroid dienone is 4. The number of nitrogens with one attached hydrogen (secondary N) is 2. The van der Waals surface area contributed by atoms with Crippen LogP contribution in [0.4, 0.5) is 5.95 Å². The molecule has 146 valence electrons. The number of hydrogen-bond acceptors (Lipinski definition) is 7. The number of nitriles is 1. The van der Waals surface area contributed by atoms with Gasteiger partial charge in [-0.05, 0) is 37.5 Å². The van der Waals surface area contributed by atoms with Gasteiger partial charge in [-0.25, -0.2) is 9.97 Å². The van der Waals surface area contributed by atoms with E-state index < -0.39 is 0 Å². The van der Waals surface area contributed by atoms with Crippen molar-refractivity contribution in [2.24, 2.45) is 0 Å². The molecule has 1 aromatic heterocycles. The molecule has 0 radical (unpaired) electrons. The van der Waals surface area contributed by atoms with Gasteiger partial charge in [-0.2, -0.15) is 5.26 Å². The molecule has 3 heterocycles. The Labute approximate surface area is 165 Å². The van der Waals surface area contributed by atoms with E-state index >= 15 is 0 Å². The van der Waals surface area contributed by atoms with Crippen LogP contribution in [0.15, 0.2) is 35.9 Å². The standard InChI is InChI=1S/C21H26N6O/c1-15-14-23-21(24-16-5-2-3-6-16)26-20(15)17(13-22)18-7-4-8-19(25-18)27-9-11-28-12-10-27/h4,7-8,14,16,25H,2-3,5-6,9-12H2,1H3,(H,23,24,26)/b18-17+. The number of hydrogen-bond donors (Lipinski definition) is 2. The monoisotopic (exact) mass is 378 g/mol. The summed E-state index contributed by atoms with van der Waals surface area (Å²) >= 11 is 0. The van der Waals surface area contributed by atoms with Crippen molar-refractivity contribution >= 4 is 11.5 Å². The van der Waals surface area contributed by atoms with Crippen molar-refractivity contribution in [3.05, 3.63) is 47.2 Å². The first-order chi connectivity index (χ1) is 13.7. The number of nitrogens with zero attached hydrogens (tertiary/aromatic N) is 4. The van der Waals surface area contributed by atoms with E-state index in [0.717, 1.165) is 43.0 Å². The van der Waals surface area contributed by atoms with Gasteiger partial charge < -0.3 is 20.3 Å². The Hall–Kier alpha value is -2.85. The summed E-state index contributed by atoms with van der Waals surface area (Å²) in [5.74, 6) is 1.59. The number of ether oxygens (including phenoxy) is 1. The highest BCUT2D eigenvalue weighted by molar-refractivity contribution is 5.81. The van der Waals surface area contributed by atoms with E-state index in [9.17, 15) is 5.26 Å². The highest BCUT2D eigenvalue weighted by Crippen LogP contribution is 2.25. The fraction of sp³-hybridized carbons (Fsp3) is 0.476. The zero-order valence-electron chi connectivity index (χ0n) is 16.2. The average Bonchev–Trinajstić information content (AvgIpc) is 3.25. The topological polar surface area (TPSA) is 86.1 Å². The van der Waals surface area contributed by atoms with Gasteiger partial charge in [0, 0.05) is 25.3 Å². The van der Waals surface area contributed by atoms with Gasteiger partial charge in [0.15, 0.2) is 0 Å². The lowest BCUT2D eigenvalue weighted by Gasteiger charge is -2.32. The Bertz CT molecular complexity index is 854. The predicted molar refractivity (Wildman–Crippen MR) is 108 cm³/mol. The summed E-state index contributed by atoms with van der Waals surface area (Å²) < 4.78 is 5.44. The van der Waals surface area contributed by atoms with E-state index in [4.69, 9.17) is 9.72 Å². The maximum absolute atomic E-state index is 9.91. The Morgan fingerprint density at radius 2 is 2.11 bits per heavy atom. The molecule has 0 unspecified atom stereocenters. The van der Waals surface area contributed by atoms with Gasteiger partial charge in [0.25, 0.3) is 0 Å².